The molecule has 160 valence electrons. The lowest BCUT2D eigenvalue weighted by atomic mass is 9.85. The molecule has 1 heterocycles. The molecule has 1 aliphatic rings. The fourth-order valence-corrected chi connectivity index (χ4v) is 3.55. The van der Waals surface area contributed by atoms with Gasteiger partial charge in [-0.15, -0.1) is 0 Å². The Labute approximate surface area is 177 Å². The van der Waals surface area contributed by atoms with Crippen LogP contribution in [-0.4, -0.2) is 54.4 Å². The van der Waals surface area contributed by atoms with E-state index in [1.807, 2.05) is 19.1 Å². The molecule has 2 aromatic rings. The lowest BCUT2D eigenvalue weighted by Crippen LogP contribution is -2.51. The lowest BCUT2D eigenvalue weighted by molar-refractivity contribution is -0.134. The van der Waals surface area contributed by atoms with Gasteiger partial charge in [-0.1, -0.05) is 50.6 Å². The van der Waals surface area contributed by atoms with Gasteiger partial charge in [-0.25, -0.2) is 4.39 Å². The van der Waals surface area contributed by atoms with Crippen molar-refractivity contribution >= 4 is 11.8 Å². The highest BCUT2D eigenvalue weighted by Gasteiger charge is 2.27. The van der Waals surface area contributed by atoms with Crippen LogP contribution < -0.4 is 4.74 Å². The van der Waals surface area contributed by atoms with Gasteiger partial charge in [0.25, 0.3) is 11.8 Å². The highest BCUT2D eigenvalue weighted by atomic mass is 19.1. The molecule has 1 saturated heterocycles. The van der Waals surface area contributed by atoms with E-state index >= 15 is 0 Å². The van der Waals surface area contributed by atoms with E-state index in [0.717, 1.165) is 16.9 Å². The Hall–Kier alpha value is -2.89. The van der Waals surface area contributed by atoms with Gasteiger partial charge in [-0.05, 0) is 36.1 Å². The number of hydrogen-bond donors (Lipinski definition) is 0. The molecule has 0 aliphatic carbocycles. The molecule has 0 spiro atoms. The summed E-state index contributed by atoms with van der Waals surface area (Å²) in [6.45, 7) is 9.88. The SMILES string of the molecule is Cc1ccc(OCC(=O)N2CCN(C(=O)c3ccccc3F)CC2)c(C(C)(C)C)c1. The topological polar surface area (TPSA) is 49.9 Å². The molecule has 1 fully saturated rings. The zero-order valence-electron chi connectivity index (χ0n) is 18.1. The van der Waals surface area contributed by atoms with Crippen molar-refractivity contribution in [2.24, 2.45) is 0 Å². The van der Waals surface area contributed by atoms with E-state index in [2.05, 4.69) is 26.8 Å². The normalized spacial score (nSPS) is 14.6. The van der Waals surface area contributed by atoms with Crippen LogP contribution in [0.15, 0.2) is 42.5 Å². The predicted octanol–water partition coefficient (Wildman–Crippen LogP) is 3.80. The van der Waals surface area contributed by atoms with Gasteiger partial charge in [0.2, 0.25) is 0 Å². The summed E-state index contributed by atoms with van der Waals surface area (Å²) in [6, 6.07) is 11.9. The minimum atomic E-state index is -0.526. The van der Waals surface area contributed by atoms with E-state index in [4.69, 9.17) is 4.74 Å². The number of amides is 2. The maximum absolute atomic E-state index is 13.9. The van der Waals surface area contributed by atoms with Gasteiger partial charge in [0.1, 0.15) is 11.6 Å². The Bertz CT molecular complexity index is 928. The molecule has 1 aliphatic heterocycles. The first-order valence-electron chi connectivity index (χ1n) is 10.2. The summed E-state index contributed by atoms with van der Waals surface area (Å²) in [5.41, 5.74) is 2.18. The monoisotopic (exact) mass is 412 g/mol. The quantitative estimate of drug-likeness (QED) is 0.768. The minimum Gasteiger partial charge on any atom is -0.483 e. The Kier molecular flexibility index (Phi) is 6.44. The standard InChI is InChI=1S/C24H29FN2O3/c1-17-9-10-21(19(15-17)24(2,3)4)30-16-22(28)26-11-13-27(14-12-26)23(29)18-7-5-6-8-20(18)25/h5-10,15H,11-14,16H2,1-4H3. The van der Waals surface area contributed by atoms with Crippen molar-refractivity contribution in [1.29, 1.82) is 0 Å². The molecule has 2 amide bonds. The first-order valence-corrected chi connectivity index (χ1v) is 10.2. The van der Waals surface area contributed by atoms with E-state index in [0.29, 0.717) is 26.2 Å². The zero-order valence-corrected chi connectivity index (χ0v) is 18.1. The number of halogens is 1. The van der Waals surface area contributed by atoms with Gasteiger partial charge in [0.05, 0.1) is 5.56 Å². The molecule has 0 unspecified atom stereocenters. The summed E-state index contributed by atoms with van der Waals surface area (Å²) < 4.78 is 19.7. The molecule has 0 radical (unpaired) electrons. The number of ether oxygens (including phenoxy) is 1. The summed E-state index contributed by atoms with van der Waals surface area (Å²) in [6.07, 6.45) is 0. The van der Waals surface area contributed by atoms with Crippen molar-refractivity contribution in [3.05, 3.63) is 65.0 Å². The predicted molar refractivity (Wildman–Crippen MR) is 114 cm³/mol. The first-order chi connectivity index (χ1) is 14.2. The number of piperazine rings is 1. The van der Waals surface area contributed by atoms with E-state index in [1.165, 1.54) is 12.1 Å². The fourth-order valence-electron chi connectivity index (χ4n) is 3.55. The third-order valence-electron chi connectivity index (χ3n) is 5.32. The van der Waals surface area contributed by atoms with Gasteiger partial charge in [-0.3, -0.25) is 9.59 Å². The maximum atomic E-state index is 13.9. The van der Waals surface area contributed by atoms with Crippen molar-refractivity contribution in [3.63, 3.8) is 0 Å². The third-order valence-corrected chi connectivity index (χ3v) is 5.32. The number of carbonyl (C=O) groups is 2. The summed E-state index contributed by atoms with van der Waals surface area (Å²) in [5.74, 6) is -0.267. The molecule has 30 heavy (non-hydrogen) atoms. The summed E-state index contributed by atoms with van der Waals surface area (Å²) >= 11 is 0. The smallest absolute Gasteiger partial charge is 0.260 e. The van der Waals surface area contributed by atoms with Gasteiger partial charge in [0.15, 0.2) is 6.61 Å². The van der Waals surface area contributed by atoms with Gasteiger partial charge in [-0.2, -0.15) is 0 Å². The highest BCUT2D eigenvalue weighted by molar-refractivity contribution is 5.94. The summed E-state index contributed by atoms with van der Waals surface area (Å²) in [7, 11) is 0. The largest absolute Gasteiger partial charge is 0.483 e. The lowest BCUT2D eigenvalue weighted by Gasteiger charge is -2.35. The van der Waals surface area contributed by atoms with Crippen LogP contribution in [0.2, 0.25) is 0 Å². The van der Waals surface area contributed by atoms with E-state index < -0.39 is 5.82 Å². The van der Waals surface area contributed by atoms with E-state index in [-0.39, 0.29) is 29.4 Å². The molecule has 0 N–H and O–H groups in total. The highest BCUT2D eigenvalue weighted by Crippen LogP contribution is 2.32. The summed E-state index contributed by atoms with van der Waals surface area (Å²) in [5, 5.41) is 0. The molecular formula is C24H29FN2O3. The van der Waals surface area contributed by atoms with Crippen LogP contribution in [0.4, 0.5) is 4.39 Å². The Morgan fingerprint density at radius 1 is 1.00 bits per heavy atom. The molecule has 6 heteroatoms. The van der Waals surface area contributed by atoms with Crippen LogP contribution >= 0.6 is 0 Å². The number of carbonyl (C=O) groups excluding carboxylic acids is 2. The minimum absolute atomic E-state index is 0.0482. The molecule has 0 bridgehead atoms. The summed E-state index contributed by atoms with van der Waals surface area (Å²) in [4.78, 5) is 28.4. The maximum Gasteiger partial charge on any atom is 0.260 e. The Morgan fingerprint density at radius 3 is 2.27 bits per heavy atom. The molecule has 0 aromatic heterocycles. The second kappa shape index (κ2) is 8.86. The second-order valence-corrected chi connectivity index (χ2v) is 8.69. The van der Waals surface area contributed by atoms with Crippen LogP contribution in [0.3, 0.4) is 0 Å². The number of benzene rings is 2. The molecule has 3 rings (SSSR count). The van der Waals surface area contributed by atoms with Gasteiger partial charge < -0.3 is 14.5 Å². The third kappa shape index (κ3) is 4.99. The number of hydrogen-bond acceptors (Lipinski definition) is 3. The molecule has 5 nitrogen and oxygen atoms in total. The van der Waals surface area contributed by atoms with E-state index in [1.54, 1.807) is 21.9 Å². The van der Waals surface area contributed by atoms with Crippen LogP contribution in [0.25, 0.3) is 0 Å². The van der Waals surface area contributed by atoms with Crippen molar-refractivity contribution in [2.75, 3.05) is 32.8 Å². The van der Waals surface area contributed by atoms with Crippen molar-refractivity contribution in [1.82, 2.24) is 9.80 Å². The molecular weight excluding hydrogens is 383 g/mol. The van der Waals surface area contributed by atoms with E-state index in [9.17, 15) is 14.0 Å². The van der Waals surface area contributed by atoms with Crippen LogP contribution in [0.1, 0.15) is 42.3 Å². The average molecular weight is 413 g/mol. The zero-order chi connectivity index (χ0) is 21.9. The first kappa shape index (κ1) is 21.8. The average Bonchev–Trinajstić information content (AvgIpc) is 2.72. The van der Waals surface area contributed by atoms with Crippen LogP contribution in [0, 0.1) is 12.7 Å². The second-order valence-electron chi connectivity index (χ2n) is 8.69. The van der Waals surface area contributed by atoms with Gasteiger partial charge >= 0.3 is 0 Å². The van der Waals surface area contributed by atoms with Gasteiger partial charge in [0, 0.05) is 26.2 Å². The number of nitrogens with zero attached hydrogens (tertiary/aromatic N) is 2. The van der Waals surface area contributed by atoms with Crippen LogP contribution in [0.5, 0.6) is 5.75 Å². The Balaban J connectivity index is 1.57. The number of aryl methyl sites for hydroxylation is 1. The number of rotatable bonds is 4. The molecule has 2 aromatic carbocycles. The molecule has 0 atom stereocenters. The fraction of sp³-hybridized carbons (Fsp3) is 0.417. The van der Waals surface area contributed by atoms with Crippen molar-refractivity contribution in [2.45, 2.75) is 33.1 Å². The molecule has 0 saturated carbocycles. The van der Waals surface area contributed by atoms with Crippen molar-refractivity contribution < 1.29 is 18.7 Å². The Morgan fingerprint density at radius 2 is 1.63 bits per heavy atom. The van der Waals surface area contributed by atoms with Crippen molar-refractivity contribution in [3.8, 4) is 5.75 Å². The van der Waals surface area contributed by atoms with Crippen LogP contribution in [-0.2, 0) is 10.2 Å².